The number of aromatic nitrogens is 2. The van der Waals surface area contributed by atoms with Gasteiger partial charge in [-0.1, -0.05) is 35.4 Å². The Kier molecular flexibility index (Phi) is 7.11. The average Bonchev–Trinajstić information content (AvgIpc) is 3.20. The highest BCUT2D eigenvalue weighted by atomic mass is 16.5. The van der Waals surface area contributed by atoms with Gasteiger partial charge in [0.25, 0.3) is 0 Å². The van der Waals surface area contributed by atoms with Crippen LogP contribution in [0, 0.1) is 0 Å². The molecule has 1 fully saturated rings. The van der Waals surface area contributed by atoms with Crippen LogP contribution in [0.5, 0.6) is 11.5 Å². The summed E-state index contributed by atoms with van der Waals surface area (Å²) in [4.78, 5) is 23.8. The lowest BCUT2D eigenvalue weighted by molar-refractivity contribution is 0.0841. The van der Waals surface area contributed by atoms with Crippen molar-refractivity contribution in [1.29, 1.82) is 0 Å². The predicted molar refractivity (Wildman–Crippen MR) is 138 cm³/mol. The van der Waals surface area contributed by atoms with E-state index in [9.17, 15) is 4.79 Å². The molecule has 192 valence electrons. The average molecular weight is 502 g/mol. The van der Waals surface area contributed by atoms with E-state index in [2.05, 4.69) is 15.2 Å². The fourth-order valence-electron chi connectivity index (χ4n) is 4.61. The van der Waals surface area contributed by atoms with Gasteiger partial charge in [-0.2, -0.15) is 5.11 Å². The fourth-order valence-corrected chi connectivity index (χ4v) is 4.61. The number of ether oxygens (including phenoxy) is 2. The first-order valence-electron chi connectivity index (χ1n) is 12.4. The topological polar surface area (TPSA) is 119 Å². The second-order valence-electron chi connectivity index (χ2n) is 9.67. The highest BCUT2D eigenvalue weighted by Gasteiger charge is 2.42. The third kappa shape index (κ3) is 5.45. The van der Waals surface area contributed by atoms with Crippen molar-refractivity contribution < 1.29 is 14.3 Å². The number of nitrogens with zero attached hydrogens (tertiary/aromatic N) is 6. The number of para-hydroxylation sites is 1. The van der Waals surface area contributed by atoms with Crippen molar-refractivity contribution in [2.24, 2.45) is 16.1 Å². The minimum atomic E-state index is -0.613. The Labute approximate surface area is 216 Å². The highest BCUT2D eigenvalue weighted by molar-refractivity contribution is 5.76. The normalized spacial score (nSPS) is 17.1. The van der Waals surface area contributed by atoms with Gasteiger partial charge in [-0.3, -0.25) is 5.01 Å². The zero-order valence-corrected chi connectivity index (χ0v) is 21.1. The summed E-state index contributed by atoms with van der Waals surface area (Å²) in [6, 6.07) is 16.9. The minimum Gasteiger partial charge on any atom is -0.457 e. The Morgan fingerprint density at radius 2 is 1.84 bits per heavy atom. The summed E-state index contributed by atoms with van der Waals surface area (Å²) in [7, 11) is 0. The van der Waals surface area contributed by atoms with E-state index in [0.717, 1.165) is 41.2 Å². The molecule has 3 heterocycles. The molecule has 37 heavy (non-hydrogen) atoms. The van der Waals surface area contributed by atoms with E-state index >= 15 is 0 Å². The quantitative estimate of drug-likeness (QED) is 0.288. The molecule has 0 bridgehead atoms. The number of nitrogens with two attached hydrogens (primary N) is 1. The van der Waals surface area contributed by atoms with Crippen molar-refractivity contribution in [3.63, 3.8) is 0 Å². The zero-order chi connectivity index (χ0) is 25.8. The van der Waals surface area contributed by atoms with Crippen molar-refractivity contribution in [2.45, 2.75) is 51.4 Å². The summed E-state index contributed by atoms with van der Waals surface area (Å²) < 4.78 is 11.2. The van der Waals surface area contributed by atoms with Crippen molar-refractivity contribution in [3.8, 4) is 11.5 Å². The van der Waals surface area contributed by atoms with Crippen LogP contribution in [0.25, 0.3) is 0 Å². The van der Waals surface area contributed by atoms with Crippen molar-refractivity contribution in [1.82, 2.24) is 14.9 Å². The SMILES string of the molecule is CC1(C)c2cnc(N(N)C3CCOCC3)nc2CN1C(=O)N=NCc1ccc(Oc2ccccc2)cc1. The van der Waals surface area contributed by atoms with Gasteiger partial charge in [0.15, 0.2) is 0 Å². The maximum absolute atomic E-state index is 13.0. The molecule has 0 radical (unpaired) electrons. The van der Waals surface area contributed by atoms with E-state index in [0.29, 0.717) is 25.7 Å². The van der Waals surface area contributed by atoms with E-state index in [1.807, 2.05) is 68.4 Å². The maximum Gasteiger partial charge on any atom is 0.362 e. The molecular formula is C27H31N7O3. The molecule has 2 aromatic carbocycles. The highest BCUT2D eigenvalue weighted by Crippen LogP contribution is 2.38. The lowest BCUT2D eigenvalue weighted by Gasteiger charge is -2.31. The predicted octanol–water partition coefficient (Wildman–Crippen LogP) is 4.95. The number of carbonyl (C=O) groups is 1. The molecule has 5 rings (SSSR count). The van der Waals surface area contributed by atoms with Crippen molar-refractivity contribution in [3.05, 3.63) is 77.6 Å². The van der Waals surface area contributed by atoms with Crippen LogP contribution in [0.2, 0.25) is 0 Å². The molecule has 2 N–H and O–H groups in total. The van der Waals surface area contributed by atoms with Gasteiger partial charge in [0.2, 0.25) is 5.95 Å². The first-order valence-corrected chi connectivity index (χ1v) is 12.4. The Morgan fingerprint density at radius 3 is 2.57 bits per heavy atom. The molecule has 0 saturated carbocycles. The molecule has 10 heteroatoms. The van der Waals surface area contributed by atoms with Crippen LogP contribution in [0.4, 0.5) is 10.7 Å². The molecule has 2 amide bonds. The summed E-state index contributed by atoms with van der Waals surface area (Å²) in [5.41, 5.74) is 1.97. The maximum atomic E-state index is 13.0. The molecule has 0 unspecified atom stereocenters. The molecule has 0 aliphatic carbocycles. The van der Waals surface area contributed by atoms with Gasteiger partial charge >= 0.3 is 6.03 Å². The minimum absolute atomic E-state index is 0.131. The van der Waals surface area contributed by atoms with Crippen LogP contribution in [-0.2, 0) is 23.4 Å². The molecule has 0 atom stereocenters. The first-order chi connectivity index (χ1) is 17.9. The third-order valence-electron chi connectivity index (χ3n) is 6.85. The molecule has 3 aromatic rings. The summed E-state index contributed by atoms with van der Waals surface area (Å²) in [5.74, 6) is 8.28. The van der Waals surface area contributed by atoms with Crippen LogP contribution >= 0.6 is 0 Å². The second-order valence-corrected chi connectivity index (χ2v) is 9.67. The van der Waals surface area contributed by atoms with Crippen molar-refractivity contribution >= 4 is 12.0 Å². The number of hydrazine groups is 1. The molecule has 2 aliphatic heterocycles. The monoisotopic (exact) mass is 501 g/mol. The van der Waals surface area contributed by atoms with E-state index in [1.165, 1.54) is 0 Å². The van der Waals surface area contributed by atoms with Gasteiger partial charge in [0.1, 0.15) is 11.5 Å². The van der Waals surface area contributed by atoms with Gasteiger partial charge in [0.05, 0.1) is 30.4 Å². The standard InChI is InChI=1S/C27H31N7O3/c1-27(2)23-17-29-25(34(28)20-12-14-36-15-13-20)31-24(23)18-33(27)26(35)32-30-16-19-8-10-22(11-9-19)37-21-6-4-3-5-7-21/h3-11,17,20H,12-16,18,28H2,1-2H3. The summed E-state index contributed by atoms with van der Waals surface area (Å²) in [6.07, 6.45) is 3.42. The number of hydrogen-bond donors (Lipinski definition) is 1. The summed E-state index contributed by atoms with van der Waals surface area (Å²) in [6.45, 7) is 5.88. The number of hydrogen-bond acceptors (Lipinski definition) is 8. The van der Waals surface area contributed by atoms with Crippen molar-refractivity contribution in [2.75, 3.05) is 18.2 Å². The van der Waals surface area contributed by atoms with Gasteiger partial charge in [0, 0.05) is 25.0 Å². The van der Waals surface area contributed by atoms with Crippen LogP contribution in [0.3, 0.4) is 0 Å². The molecular weight excluding hydrogens is 470 g/mol. The van der Waals surface area contributed by atoms with E-state index in [1.54, 1.807) is 16.1 Å². The number of amides is 2. The van der Waals surface area contributed by atoms with E-state index < -0.39 is 11.6 Å². The second kappa shape index (κ2) is 10.6. The summed E-state index contributed by atoms with van der Waals surface area (Å²) >= 11 is 0. The van der Waals surface area contributed by atoms with Gasteiger partial charge in [-0.15, -0.1) is 0 Å². The number of rotatable bonds is 6. The van der Waals surface area contributed by atoms with Crippen LogP contribution in [-0.4, -0.2) is 40.2 Å². The third-order valence-corrected chi connectivity index (χ3v) is 6.85. The van der Waals surface area contributed by atoms with Gasteiger partial charge in [-0.05, 0) is 56.5 Å². The smallest absolute Gasteiger partial charge is 0.362 e. The molecule has 1 saturated heterocycles. The van der Waals surface area contributed by atoms with E-state index in [-0.39, 0.29) is 12.6 Å². The Hall–Kier alpha value is -3.89. The number of azo groups is 1. The van der Waals surface area contributed by atoms with Gasteiger partial charge < -0.3 is 14.4 Å². The van der Waals surface area contributed by atoms with Crippen LogP contribution in [0.1, 0.15) is 43.5 Å². The van der Waals surface area contributed by atoms with Gasteiger partial charge in [-0.25, -0.2) is 20.6 Å². The van der Waals surface area contributed by atoms with Crippen LogP contribution < -0.4 is 15.6 Å². The van der Waals surface area contributed by atoms with E-state index in [4.69, 9.17) is 20.3 Å². The Bertz CT molecular complexity index is 1260. The number of benzene rings is 2. The first kappa shape index (κ1) is 24.8. The molecule has 0 spiro atoms. The Morgan fingerprint density at radius 1 is 1.14 bits per heavy atom. The number of carbonyl (C=O) groups excluding carboxylic acids is 1. The zero-order valence-electron chi connectivity index (χ0n) is 21.1. The lowest BCUT2D eigenvalue weighted by atomic mass is 9.97. The lowest BCUT2D eigenvalue weighted by Crippen LogP contribution is -2.45. The fraction of sp³-hybridized carbons (Fsp3) is 0.370. The molecule has 1 aromatic heterocycles. The molecule has 2 aliphatic rings. The number of anilines is 1. The van der Waals surface area contributed by atoms with Crippen LogP contribution in [0.15, 0.2) is 71.0 Å². The Balaban J connectivity index is 1.20. The molecule has 10 nitrogen and oxygen atoms in total. The number of fused-ring (bicyclic) bond motifs is 1. The largest absolute Gasteiger partial charge is 0.457 e. The summed E-state index contributed by atoms with van der Waals surface area (Å²) in [5, 5.41) is 9.76. The number of urea groups is 1.